The van der Waals surface area contributed by atoms with E-state index in [1.54, 1.807) is 17.0 Å². The molecule has 0 radical (unpaired) electrons. The second-order valence-corrected chi connectivity index (χ2v) is 7.46. The summed E-state index contributed by atoms with van der Waals surface area (Å²) in [6.07, 6.45) is -0.310. The number of benzene rings is 1. The summed E-state index contributed by atoms with van der Waals surface area (Å²) in [5.74, 6) is 0.178. The van der Waals surface area contributed by atoms with Gasteiger partial charge in [0.25, 0.3) is 0 Å². The summed E-state index contributed by atoms with van der Waals surface area (Å²) in [7, 11) is 0. The van der Waals surface area contributed by atoms with Gasteiger partial charge in [0.05, 0.1) is 11.0 Å². The lowest BCUT2D eigenvalue weighted by Gasteiger charge is -2.40. The van der Waals surface area contributed by atoms with Gasteiger partial charge in [0.1, 0.15) is 5.75 Å². The van der Waals surface area contributed by atoms with Crippen LogP contribution in [0.3, 0.4) is 0 Å². The van der Waals surface area contributed by atoms with Crippen molar-refractivity contribution in [2.24, 2.45) is 5.41 Å². The average Bonchev–Trinajstić information content (AvgIpc) is 2.93. The van der Waals surface area contributed by atoms with E-state index in [1.165, 1.54) is 12.1 Å². The number of amides is 1. The Bertz CT molecular complexity index is 649. The Hall–Kier alpha value is -1.76. The number of aliphatic hydroxyl groups is 1. The van der Waals surface area contributed by atoms with E-state index in [0.29, 0.717) is 44.3 Å². The van der Waals surface area contributed by atoms with Gasteiger partial charge in [-0.3, -0.25) is 4.79 Å². The third kappa shape index (κ3) is 3.82. The van der Waals surface area contributed by atoms with Crippen molar-refractivity contribution >= 4 is 11.6 Å². The number of hydrogen-bond acceptors (Lipinski definition) is 3. The summed E-state index contributed by atoms with van der Waals surface area (Å²) in [6.45, 7) is 1.22. The molecule has 0 atom stereocenters. The topological polar surface area (TPSA) is 49.8 Å². The molecular formula is C19H24F3NO3. The first-order chi connectivity index (χ1) is 12.2. The molecule has 1 heterocycles. The maximum absolute atomic E-state index is 13.0. The van der Waals surface area contributed by atoms with Gasteiger partial charge < -0.3 is 14.7 Å². The predicted molar refractivity (Wildman–Crippen MR) is 91.1 cm³/mol. The van der Waals surface area contributed by atoms with Crippen LogP contribution in [0.15, 0.2) is 24.3 Å². The number of rotatable bonds is 4. The first kappa shape index (κ1) is 19.0. The van der Waals surface area contributed by atoms with Crippen LogP contribution in [-0.2, 0) is 4.79 Å². The molecule has 1 saturated carbocycles. The van der Waals surface area contributed by atoms with Crippen LogP contribution in [-0.4, -0.2) is 35.9 Å². The number of ether oxygens (including phenoxy) is 1. The number of carbonyl (C=O) groups is 1. The van der Waals surface area contributed by atoms with Crippen LogP contribution < -0.4 is 9.64 Å². The third-order valence-electron chi connectivity index (χ3n) is 5.86. The summed E-state index contributed by atoms with van der Waals surface area (Å²) in [6, 6.07) is 6.15. The standard InChI is InChI=1S/C19H24F3NO3/c1-2-18(25)9-7-17(8-10-18)11-12-23(16(17)24)14-3-5-15(6-4-14)26-13-19(20,21)22/h3-6,25H,2,7-13H2,1H3/t17-,18-. The average molecular weight is 371 g/mol. The van der Waals surface area contributed by atoms with Gasteiger partial charge in [-0.05, 0) is 62.8 Å². The van der Waals surface area contributed by atoms with Crippen LogP contribution >= 0.6 is 0 Å². The Balaban J connectivity index is 1.65. The monoisotopic (exact) mass is 371 g/mol. The highest BCUT2D eigenvalue weighted by molar-refractivity contribution is 6.00. The molecule has 1 aliphatic heterocycles. The molecule has 1 spiro atoms. The van der Waals surface area contributed by atoms with Crippen molar-refractivity contribution in [1.82, 2.24) is 0 Å². The van der Waals surface area contributed by atoms with E-state index in [9.17, 15) is 23.1 Å². The Labute approximate surface area is 150 Å². The van der Waals surface area contributed by atoms with E-state index in [-0.39, 0.29) is 11.7 Å². The van der Waals surface area contributed by atoms with Gasteiger partial charge in [0.15, 0.2) is 6.61 Å². The van der Waals surface area contributed by atoms with E-state index in [0.717, 1.165) is 6.42 Å². The first-order valence-electron chi connectivity index (χ1n) is 9.00. The highest BCUT2D eigenvalue weighted by Crippen LogP contribution is 2.49. The molecule has 3 rings (SSSR count). The van der Waals surface area contributed by atoms with Gasteiger partial charge in [0, 0.05) is 12.2 Å². The molecule has 2 aliphatic rings. The highest BCUT2D eigenvalue weighted by atomic mass is 19.4. The van der Waals surface area contributed by atoms with Crippen molar-refractivity contribution in [3.8, 4) is 5.75 Å². The molecule has 144 valence electrons. The third-order valence-corrected chi connectivity index (χ3v) is 5.86. The number of nitrogens with zero attached hydrogens (tertiary/aromatic N) is 1. The largest absolute Gasteiger partial charge is 0.484 e. The van der Waals surface area contributed by atoms with Crippen LogP contribution in [0.2, 0.25) is 0 Å². The van der Waals surface area contributed by atoms with Gasteiger partial charge in [-0.25, -0.2) is 0 Å². The zero-order valence-corrected chi connectivity index (χ0v) is 14.8. The van der Waals surface area contributed by atoms with Crippen molar-refractivity contribution in [2.45, 2.75) is 57.2 Å². The van der Waals surface area contributed by atoms with Gasteiger partial charge >= 0.3 is 6.18 Å². The summed E-state index contributed by atoms with van der Waals surface area (Å²) < 4.78 is 41.3. The minimum atomic E-state index is -4.38. The zero-order chi connectivity index (χ0) is 19.0. The number of alkyl halides is 3. The van der Waals surface area contributed by atoms with Crippen LogP contribution in [0.1, 0.15) is 45.4 Å². The smallest absolute Gasteiger partial charge is 0.422 e. The van der Waals surface area contributed by atoms with E-state index >= 15 is 0 Å². The molecule has 2 fully saturated rings. The number of carbonyl (C=O) groups excluding carboxylic acids is 1. The molecule has 0 unspecified atom stereocenters. The minimum Gasteiger partial charge on any atom is -0.484 e. The number of anilines is 1. The lowest BCUT2D eigenvalue weighted by atomic mass is 9.67. The molecule has 1 amide bonds. The van der Waals surface area contributed by atoms with Crippen molar-refractivity contribution in [1.29, 1.82) is 0 Å². The van der Waals surface area contributed by atoms with Crippen molar-refractivity contribution in [2.75, 3.05) is 18.1 Å². The van der Waals surface area contributed by atoms with Gasteiger partial charge in [0.2, 0.25) is 5.91 Å². The van der Waals surface area contributed by atoms with Crippen LogP contribution in [0.5, 0.6) is 5.75 Å². The number of hydrogen-bond donors (Lipinski definition) is 1. The van der Waals surface area contributed by atoms with Gasteiger partial charge in [-0.1, -0.05) is 6.92 Å². The molecule has 1 aromatic rings. The number of halogens is 3. The quantitative estimate of drug-likeness (QED) is 0.868. The summed E-state index contributed by atoms with van der Waals surface area (Å²) in [5.41, 5.74) is -0.397. The van der Waals surface area contributed by atoms with Crippen LogP contribution in [0.4, 0.5) is 18.9 Å². The molecule has 1 aliphatic carbocycles. The SMILES string of the molecule is CC[C@]1(O)CC[C@@]2(CCN(c3ccc(OCC(F)(F)F)cc3)C2=O)CC1. The first-order valence-corrected chi connectivity index (χ1v) is 9.00. The van der Waals surface area contributed by atoms with Gasteiger partial charge in [-0.2, -0.15) is 13.2 Å². The highest BCUT2D eigenvalue weighted by Gasteiger charge is 2.51. The molecular weight excluding hydrogens is 347 g/mol. The Kier molecular flexibility index (Phi) is 4.94. The van der Waals surface area contributed by atoms with Crippen LogP contribution in [0.25, 0.3) is 0 Å². The molecule has 7 heteroatoms. The molecule has 1 N–H and O–H groups in total. The van der Waals surface area contributed by atoms with Crippen molar-refractivity contribution < 1.29 is 27.8 Å². The second-order valence-electron chi connectivity index (χ2n) is 7.46. The maximum Gasteiger partial charge on any atom is 0.422 e. The normalized spacial score (nSPS) is 29.4. The van der Waals surface area contributed by atoms with Crippen molar-refractivity contribution in [3.63, 3.8) is 0 Å². The lowest BCUT2D eigenvalue weighted by Crippen LogP contribution is -2.43. The van der Waals surface area contributed by atoms with E-state index in [2.05, 4.69) is 0 Å². The molecule has 0 bridgehead atoms. The Morgan fingerprint density at radius 2 is 1.73 bits per heavy atom. The fourth-order valence-corrected chi connectivity index (χ4v) is 3.97. The molecule has 26 heavy (non-hydrogen) atoms. The van der Waals surface area contributed by atoms with Crippen molar-refractivity contribution in [3.05, 3.63) is 24.3 Å². The predicted octanol–water partition coefficient (Wildman–Crippen LogP) is 4.07. The van der Waals surface area contributed by atoms with E-state index in [1.807, 2.05) is 6.92 Å². The summed E-state index contributed by atoms with van der Waals surface area (Å²) >= 11 is 0. The van der Waals surface area contributed by atoms with Gasteiger partial charge in [-0.15, -0.1) is 0 Å². The Morgan fingerprint density at radius 3 is 2.27 bits per heavy atom. The van der Waals surface area contributed by atoms with E-state index < -0.39 is 23.8 Å². The maximum atomic E-state index is 13.0. The lowest BCUT2D eigenvalue weighted by molar-refractivity contribution is -0.153. The zero-order valence-electron chi connectivity index (χ0n) is 14.8. The second kappa shape index (κ2) is 6.76. The Morgan fingerprint density at radius 1 is 1.12 bits per heavy atom. The summed E-state index contributed by atoms with van der Waals surface area (Å²) in [4.78, 5) is 14.7. The fourth-order valence-electron chi connectivity index (χ4n) is 3.97. The minimum absolute atomic E-state index is 0.0552. The molecule has 0 aromatic heterocycles. The molecule has 1 aromatic carbocycles. The van der Waals surface area contributed by atoms with Crippen LogP contribution in [0, 0.1) is 5.41 Å². The molecule has 4 nitrogen and oxygen atoms in total. The van der Waals surface area contributed by atoms with E-state index in [4.69, 9.17) is 4.74 Å². The molecule has 1 saturated heterocycles. The summed E-state index contributed by atoms with van der Waals surface area (Å²) in [5, 5.41) is 10.4. The fraction of sp³-hybridized carbons (Fsp3) is 0.632.